The van der Waals surface area contributed by atoms with E-state index in [1.807, 2.05) is 31.2 Å². The third kappa shape index (κ3) is 3.54. The van der Waals surface area contributed by atoms with Gasteiger partial charge in [0.2, 0.25) is 0 Å². The van der Waals surface area contributed by atoms with E-state index in [1.165, 1.54) is 14.7 Å². The molecule has 0 amide bonds. The Balaban J connectivity index is 2.11. The van der Waals surface area contributed by atoms with E-state index in [2.05, 4.69) is 60.7 Å². The predicted molar refractivity (Wildman–Crippen MR) is 96.1 cm³/mol. The normalized spacial score (nSPS) is 10.7. The van der Waals surface area contributed by atoms with Gasteiger partial charge in [0, 0.05) is 18.1 Å². The monoisotopic (exact) mass is 319 g/mol. The summed E-state index contributed by atoms with van der Waals surface area (Å²) >= 11 is 0. The van der Waals surface area contributed by atoms with Crippen molar-refractivity contribution >= 4 is 16.7 Å². The molecule has 0 saturated heterocycles. The van der Waals surface area contributed by atoms with E-state index >= 15 is 0 Å². The van der Waals surface area contributed by atoms with Gasteiger partial charge in [0.25, 0.3) is 0 Å². The highest BCUT2D eigenvalue weighted by Crippen LogP contribution is 2.31. The average Bonchev–Trinajstić information content (AvgIpc) is 2.63. The lowest BCUT2D eigenvalue weighted by atomic mass is 10.1. The van der Waals surface area contributed by atoms with E-state index < -0.39 is 0 Å². The van der Waals surface area contributed by atoms with Crippen LogP contribution in [0.4, 0.5) is 0 Å². The third-order valence-corrected chi connectivity index (χ3v) is 5.88. The Bertz CT molecular complexity index is 742. The summed E-state index contributed by atoms with van der Waals surface area (Å²) in [4.78, 5) is 15.8. The van der Waals surface area contributed by atoms with E-state index in [9.17, 15) is 4.79 Å². The second kappa shape index (κ2) is 7.30. The van der Waals surface area contributed by atoms with Gasteiger partial charge in [0.05, 0.1) is 10.9 Å². The zero-order chi connectivity index (χ0) is 16.1. The Morgan fingerprint density at radius 1 is 0.739 bits per heavy atom. The second-order valence-electron chi connectivity index (χ2n) is 5.24. The van der Waals surface area contributed by atoms with Crippen LogP contribution >= 0.6 is 0 Å². The molecule has 0 atom stereocenters. The quantitative estimate of drug-likeness (QED) is 0.456. The maximum absolute atomic E-state index is 12.1. The molecule has 0 radical (unpaired) electrons. The van der Waals surface area contributed by atoms with Gasteiger partial charge >= 0.3 is 0 Å². The zero-order valence-electron chi connectivity index (χ0n) is 13.1. The van der Waals surface area contributed by atoms with Crippen molar-refractivity contribution in [2.24, 2.45) is 0 Å². The molecular formula is C21H19OS+. The summed E-state index contributed by atoms with van der Waals surface area (Å²) < 4.78 is 0. The first-order chi connectivity index (χ1) is 11.3. The predicted octanol–water partition coefficient (Wildman–Crippen LogP) is 5.37. The van der Waals surface area contributed by atoms with Crippen LogP contribution in [0.1, 0.15) is 23.7 Å². The summed E-state index contributed by atoms with van der Waals surface area (Å²) in [5, 5.41) is 0. The first-order valence-corrected chi connectivity index (χ1v) is 8.99. The fourth-order valence-electron chi connectivity index (χ4n) is 2.52. The van der Waals surface area contributed by atoms with Crippen molar-refractivity contribution in [1.29, 1.82) is 0 Å². The molecule has 0 saturated carbocycles. The van der Waals surface area contributed by atoms with Crippen LogP contribution in [0.5, 0.6) is 0 Å². The van der Waals surface area contributed by atoms with Crippen LogP contribution in [0.15, 0.2) is 99.6 Å². The number of hydrogen-bond acceptors (Lipinski definition) is 1. The molecule has 3 rings (SSSR count). The van der Waals surface area contributed by atoms with Gasteiger partial charge in [-0.05, 0) is 30.3 Å². The van der Waals surface area contributed by atoms with Crippen molar-refractivity contribution in [3.05, 3.63) is 90.5 Å². The Morgan fingerprint density at radius 3 is 1.78 bits per heavy atom. The lowest BCUT2D eigenvalue weighted by Gasteiger charge is -2.08. The molecule has 1 nitrogen and oxygen atoms in total. The minimum atomic E-state index is -0.196. The molecule has 0 aliphatic heterocycles. The highest BCUT2D eigenvalue weighted by atomic mass is 32.2. The van der Waals surface area contributed by atoms with Crippen molar-refractivity contribution in [2.45, 2.75) is 28.0 Å². The number of carbonyl (C=O) groups is 1. The third-order valence-electron chi connectivity index (χ3n) is 3.67. The van der Waals surface area contributed by atoms with Gasteiger partial charge in [-0.3, -0.25) is 4.79 Å². The smallest absolute Gasteiger partial charge is 0.167 e. The Hall–Kier alpha value is -2.32. The average molecular weight is 319 g/mol. The molecule has 23 heavy (non-hydrogen) atoms. The first kappa shape index (κ1) is 15.6. The molecule has 0 aliphatic rings. The van der Waals surface area contributed by atoms with Gasteiger partial charge in [-0.15, -0.1) is 0 Å². The fourth-order valence-corrected chi connectivity index (χ4v) is 4.66. The summed E-state index contributed by atoms with van der Waals surface area (Å²) in [5.74, 6) is 0.191. The van der Waals surface area contributed by atoms with Gasteiger partial charge < -0.3 is 0 Å². The van der Waals surface area contributed by atoms with Gasteiger partial charge in [-0.25, -0.2) is 0 Å². The number of carbonyl (C=O) groups excluding carboxylic acids is 1. The second-order valence-corrected chi connectivity index (χ2v) is 7.26. The number of Topliss-reactive ketones (excluding diaryl/α,β-unsaturated/α-hetero) is 1. The van der Waals surface area contributed by atoms with E-state index in [0.29, 0.717) is 6.42 Å². The molecule has 0 bridgehead atoms. The molecule has 114 valence electrons. The lowest BCUT2D eigenvalue weighted by Crippen LogP contribution is -2.06. The number of rotatable bonds is 5. The Morgan fingerprint density at radius 2 is 1.26 bits per heavy atom. The van der Waals surface area contributed by atoms with Gasteiger partial charge in [-0.2, -0.15) is 0 Å². The largest absolute Gasteiger partial charge is 0.294 e. The minimum Gasteiger partial charge on any atom is -0.294 e. The fraction of sp³-hybridized carbons (Fsp3) is 0.0952. The van der Waals surface area contributed by atoms with E-state index in [4.69, 9.17) is 0 Å². The van der Waals surface area contributed by atoms with Crippen LogP contribution in [0.3, 0.4) is 0 Å². The SMILES string of the molecule is CCC(=O)c1cccc([S+](c2ccccc2)c2ccccc2)c1. The van der Waals surface area contributed by atoms with Gasteiger partial charge in [0.1, 0.15) is 0 Å². The van der Waals surface area contributed by atoms with Crippen LogP contribution in [-0.4, -0.2) is 5.78 Å². The van der Waals surface area contributed by atoms with Crippen molar-refractivity contribution in [3.63, 3.8) is 0 Å². The highest BCUT2D eigenvalue weighted by molar-refractivity contribution is 7.97. The maximum Gasteiger partial charge on any atom is 0.167 e. The molecule has 0 N–H and O–H groups in total. The van der Waals surface area contributed by atoms with E-state index in [1.54, 1.807) is 0 Å². The van der Waals surface area contributed by atoms with E-state index in [0.717, 1.165) is 5.56 Å². The topological polar surface area (TPSA) is 17.1 Å². The molecule has 0 aliphatic carbocycles. The molecular weight excluding hydrogens is 300 g/mol. The molecule has 0 heterocycles. The van der Waals surface area contributed by atoms with Crippen LogP contribution in [0, 0.1) is 0 Å². The zero-order valence-corrected chi connectivity index (χ0v) is 13.9. The van der Waals surface area contributed by atoms with Crippen molar-refractivity contribution < 1.29 is 4.79 Å². The minimum absolute atomic E-state index is 0.191. The molecule has 3 aromatic rings. The molecule has 0 fully saturated rings. The molecule has 0 aromatic heterocycles. The summed E-state index contributed by atoms with van der Waals surface area (Å²) in [6, 6.07) is 29.0. The number of hydrogen-bond donors (Lipinski definition) is 0. The molecule has 2 heteroatoms. The van der Waals surface area contributed by atoms with Gasteiger partial charge in [-0.1, -0.05) is 55.5 Å². The van der Waals surface area contributed by atoms with Crippen molar-refractivity contribution in [1.82, 2.24) is 0 Å². The number of ketones is 1. The number of benzene rings is 3. The summed E-state index contributed by atoms with van der Waals surface area (Å²) in [7, 11) is -0.196. The highest BCUT2D eigenvalue weighted by Gasteiger charge is 2.28. The Kier molecular flexibility index (Phi) is 4.94. The van der Waals surface area contributed by atoms with Crippen LogP contribution in [0.2, 0.25) is 0 Å². The van der Waals surface area contributed by atoms with Crippen LogP contribution in [-0.2, 0) is 10.9 Å². The summed E-state index contributed by atoms with van der Waals surface area (Å²) in [5.41, 5.74) is 0.800. The lowest BCUT2D eigenvalue weighted by molar-refractivity contribution is 0.0988. The van der Waals surface area contributed by atoms with E-state index in [-0.39, 0.29) is 16.7 Å². The molecule has 3 aromatic carbocycles. The van der Waals surface area contributed by atoms with Crippen LogP contribution < -0.4 is 0 Å². The van der Waals surface area contributed by atoms with Crippen molar-refractivity contribution in [2.75, 3.05) is 0 Å². The first-order valence-electron chi connectivity index (χ1n) is 7.77. The van der Waals surface area contributed by atoms with Crippen molar-refractivity contribution in [3.8, 4) is 0 Å². The molecule has 0 unspecified atom stereocenters. The summed E-state index contributed by atoms with van der Waals surface area (Å²) in [6.45, 7) is 1.91. The molecule has 0 spiro atoms. The van der Waals surface area contributed by atoms with Gasteiger partial charge in [0.15, 0.2) is 20.5 Å². The maximum atomic E-state index is 12.1. The van der Waals surface area contributed by atoms with Crippen LogP contribution in [0.25, 0.3) is 0 Å². The summed E-state index contributed by atoms with van der Waals surface area (Å²) in [6.07, 6.45) is 0.536. The Labute approximate surface area is 140 Å². The standard InChI is InChI=1S/C21H19OS/c1-2-21(22)17-10-9-15-20(16-17)23(18-11-5-3-6-12-18)19-13-7-4-8-14-19/h3-16H,2H2,1H3/q+1.